The SMILES string of the molecule is O=C(Cl)CN1CCCN(c2ccccc2)S1(=O)=O. The Balaban J connectivity index is 2.30. The zero-order valence-electron chi connectivity index (χ0n) is 9.62. The highest BCUT2D eigenvalue weighted by atomic mass is 35.5. The van der Waals surface area contributed by atoms with Crippen molar-refractivity contribution in [2.45, 2.75) is 6.42 Å². The van der Waals surface area contributed by atoms with Gasteiger partial charge in [-0.05, 0) is 30.2 Å². The molecule has 0 atom stereocenters. The molecule has 0 unspecified atom stereocenters. The summed E-state index contributed by atoms with van der Waals surface area (Å²) in [5.74, 6) is 0. The fourth-order valence-electron chi connectivity index (χ4n) is 1.92. The van der Waals surface area contributed by atoms with Crippen molar-refractivity contribution >= 4 is 32.7 Å². The zero-order valence-corrected chi connectivity index (χ0v) is 11.2. The van der Waals surface area contributed by atoms with Crippen molar-refractivity contribution in [3.63, 3.8) is 0 Å². The minimum absolute atomic E-state index is 0.285. The Bertz CT molecular complexity index is 532. The van der Waals surface area contributed by atoms with Gasteiger partial charge in [0.25, 0.3) is 0 Å². The lowest BCUT2D eigenvalue weighted by Crippen LogP contribution is -2.51. The van der Waals surface area contributed by atoms with Crippen molar-refractivity contribution in [1.29, 1.82) is 0 Å². The first kappa shape index (κ1) is 13.3. The Labute approximate surface area is 111 Å². The van der Waals surface area contributed by atoms with Crippen LogP contribution in [0.25, 0.3) is 0 Å². The summed E-state index contributed by atoms with van der Waals surface area (Å²) < 4.78 is 27.0. The van der Waals surface area contributed by atoms with Gasteiger partial charge in [0.2, 0.25) is 5.24 Å². The fraction of sp³-hybridized carbons (Fsp3) is 0.364. The second-order valence-electron chi connectivity index (χ2n) is 3.96. The first-order chi connectivity index (χ1) is 8.51. The van der Waals surface area contributed by atoms with E-state index < -0.39 is 15.5 Å². The monoisotopic (exact) mass is 288 g/mol. The maximum Gasteiger partial charge on any atom is 0.304 e. The number of benzene rings is 1. The predicted octanol–water partition coefficient (Wildman–Crippen LogP) is 1.21. The summed E-state index contributed by atoms with van der Waals surface area (Å²) in [5, 5.41) is -0.673. The van der Waals surface area contributed by atoms with Crippen molar-refractivity contribution in [3.8, 4) is 0 Å². The minimum Gasteiger partial charge on any atom is -0.280 e. The van der Waals surface area contributed by atoms with Crippen LogP contribution in [0.5, 0.6) is 0 Å². The molecule has 18 heavy (non-hydrogen) atoms. The van der Waals surface area contributed by atoms with E-state index in [0.29, 0.717) is 25.2 Å². The molecule has 98 valence electrons. The molecule has 0 bridgehead atoms. The van der Waals surface area contributed by atoms with Gasteiger partial charge in [-0.3, -0.25) is 9.10 Å². The highest BCUT2D eigenvalue weighted by Gasteiger charge is 2.34. The molecule has 2 rings (SSSR count). The highest BCUT2D eigenvalue weighted by molar-refractivity contribution is 7.90. The van der Waals surface area contributed by atoms with Crippen LogP contribution in [0.3, 0.4) is 0 Å². The molecule has 1 aromatic rings. The van der Waals surface area contributed by atoms with E-state index in [9.17, 15) is 13.2 Å². The van der Waals surface area contributed by atoms with Crippen LogP contribution >= 0.6 is 11.6 Å². The lowest BCUT2D eigenvalue weighted by atomic mass is 10.3. The predicted molar refractivity (Wildman–Crippen MR) is 69.8 cm³/mol. The number of nitrogens with zero attached hydrogens (tertiary/aromatic N) is 2. The van der Waals surface area contributed by atoms with E-state index in [1.807, 2.05) is 6.07 Å². The molecule has 0 saturated carbocycles. The quantitative estimate of drug-likeness (QED) is 0.786. The van der Waals surface area contributed by atoms with Crippen molar-refractivity contribution in [2.75, 3.05) is 23.9 Å². The van der Waals surface area contributed by atoms with Crippen molar-refractivity contribution in [3.05, 3.63) is 30.3 Å². The van der Waals surface area contributed by atoms with Crippen molar-refractivity contribution in [1.82, 2.24) is 4.31 Å². The number of hydrogen-bond acceptors (Lipinski definition) is 3. The number of para-hydroxylation sites is 1. The molecule has 0 aromatic heterocycles. The van der Waals surface area contributed by atoms with Gasteiger partial charge in [-0.15, -0.1) is 0 Å². The molecule has 1 fully saturated rings. The van der Waals surface area contributed by atoms with E-state index in [2.05, 4.69) is 0 Å². The molecule has 5 nitrogen and oxygen atoms in total. The second kappa shape index (κ2) is 5.26. The second-order valence-corrected chi connectivity index (χ2v) is 6.23. The molecule has 1 aliphatic heterocycles. The van der Waals surface area contributed by atoms with E-state index in [1.165, 1.54) is 4.31 Å². The molecule has 0 amide bonds. The Morgan fingerprint density at radius 2 is 1.89 bits per heavy atom. The lowest BCUT2D eigenvalue weighted by Gasteiger charge is -2.35. The van der Waals surface area contributed by atoms with Gasteiger partial charge < -0.3 is 0 Å². The summed E-state index contributed by atoms with van der Waals surface area (Å²) in [4.78, 5) is 10.9. The zero-order chi connectivity index (χ0) is 13.2. The molecule has 1 aromatic carbocycles. The molecule has 7 heteroatoms. The van der Waals surface area contributed by atoms with Crippen LogP contribution in [-0.2, 0) is 15.0 Å². The van der Waals surface area contributed by atoms with Gasteiger partial charge in [0.05, 0.1) is 12.2 Å². The number of anilines is 1. The average Bonchev–Trinajstić information content (AvgIpc) is 2.32. The molecule has 0 N–H and O–H groups in total. The van der Waals surface area contributed by atoms with E-state index in [1.54, 1.807) is 24.3 Å². The normalized spacial score (nSPS) is 19.7. The number of carbonyl (C=O) groups is 1. The van der Waals surface area contributed by atoms with Crippen LogP contribution in [-0.4, -0.2) is 37.6 Å². The number of hydrogen-bond donors (Lipinski definition) is 0. The topological polar surface area (TPSA) is 57.7 Å². The molecular formula is C11H13ClN2O3S. The third kappa shape index (κ3) is 2.66. The molecule has 1 heterocycles. The molecule has 1 saturated heterocycles. The standard InChI is InChI=1S/C11H13ClN2O3S/c12-11(15)9-13-7-4-8-14(18(13,16)17)10-5-2-1-3-6-10/h1-3,5-6H,4,7-9H2. The van der Waals surface area contributed by atoms with Crippen molar-refractivity contribution < 1.29 is 13.2 Å². The number of carbonyl (C=O) groups excluding carboxylic acids is 1. The summed E-state index contributed by atoms with van der Waals surface area (Å²) >= 11 is 5.27. The van der Waals surface area contributed by atoms with E-state index in [-0.39, 0.29) is 6.54 Å². The van der Waals surface area contributed by atoms with Gasteiger partial charge in [-0.1, -0.05) is 18.2 Å². The van der Waals surface area contributed by atoms with Gasteiger partial charge in [-0.25, -0.2) is 0 Å². The van der Waals surface area contributed by atoms with Crippen LogP contribution in [0, 0.1) is 0 Å². The Morgan fingerprint density at radius 1 is 1.22 bits per heavy atom. The molecule has 1 aliphatic rings. The first-order valence-corrected chi connectivity index (χ1v) is 7.30. The molecule has 0 radical (unpaired) electrons. The third-order valence-corrected chi connectivity index (χ3v) is 4.75. The van der Waals surface area contributed by atoms with Gasteiger partial charge in [0, 0.05) is 13.1 Å². The van der Waals surface area contributed by atoms with Gasteiger partial charge >= 0.3 is 10.2 Å². The van der Waals surface area contributed by atoms with E-state index in [4.69, 9.17) is 11.6 Å². The maximum absolute atomic E-state index is 12.3. The van der Waals surface area contributed by atoms with Crippen LogP contribution < -0.4 is 4.31 Å². The summed E-state index contributed by atoms with van der Waals surface area (Å²) in [6.45, 7) is 0.455. The van der Waals surface area contributed by atoms with E-state index >= 15 is 0 Å². The van der Waals surface area contributed by atoms with Crippen LogP contribution in [0.1, 0.15) is 6.42 Å². The third-order valence-electron chi connectivity index (χ3n) is 2.72. The molecule has 0 aliphatic carbocycles. The summed E-state index contributed by atoms with van der Waals surface area (Å²) in [5.41, 5.74) is 0.601. The van der Waals surface area contributed by atoms with Gasteiger partial charge in [-0.2, -0.15) is 12.7 Å². The van der Waals surface area contributed by atoms with Crippen LogP contribution in [0.15, 0.2) is 30.3 Å². The van der Waals surface area contributed by atoms with Gasteiger partial charge in [0.1, 0.15) is 0 Å². The van der Waals surface area contributed by atoms with Crippen molar-refractivity contribution in [2.24, 2.45) is 0 Å². The highest BCUT2D eigenvalue weighted by Crippen LogP contribution is 2.24. The minimum atomic E-state index is -3.65. The fourth-order valence-corrected chi connectivity index (χ4v) is 3.80. The van der Waals surface area contributed by atoms with Crippen LogP contribution in [0.2, 0.25) is 0 Å². The first-order valence-electron chi connectivity index (χ1n) is 5.53. The number of halogens is 1. The Morgan fingerprint density at radius 3 is 2.50 bits per heavy atom. The summed E-state index contributed by atoms with van der Waals surface area (Å²) in [6.07, 6.45) is 0.665. The van der Waals surface area contributed by atoms with E-state index in [0.717, 1.165) is 4.31 Å². The van der Waals surface area contributed by atoms with Gasteiger partial charge in [0.15, 0.2) is 0 Å². The Hall–Kier alpha value is -1.11. The Kier molecular flexibility index (Phi) is 3.89. The molecule has 0 spiro atoms. The summed E-state index contributed by atoms with van der Waals surface area (Å²) in [6, 6.07) is 8.82. The smallest absolute Gasteiger partial charge is 0.280 e. The maximum atomic E-state index is 12.3. The number of rotatable bonds is 3. The largest absolute Gasteiger partial charge is 0.304 e. The van der Waals surface area contributed by atoms with Crippen LogP contribution in [0.4, 0.5) is 5.69 Å². The summed E-state index contributed by atoms with van der Waals surface area (Å²) in [7, 11) is -3.65. The average molecular weight is 289 g/mol. The molecular weight excluding hydrogens is 276 g/mol. The lowest BCUT2D eigenvalue weighted by molar-refractivity contribution is -0.111.